The number of aliphatic carboxylic acids is 1. The number of hydrogen-bond acceptors (Lipinski definition) is 12. The number of hydrogen-bond donors (Lipinski definition) is 7. The third-order valence-corrected chi connectivity index (χ3v) is 9.88. The van der Waals surface area contributed by atoms with Crippen molar-refractivity contribution in [2.75, 3.05) is 41.6 Å². The molecule has 0 spiro atoms. The Labute approximate surface area is 331 Å². The Hall–Kier alpha value is -5.75. The van der Waals surface area contributed by atoms with Crippen LogP contribution in [0.5, 0.6) is 11.5 Å². The van der Waals surface area contributed by atoms with Crippen molar-refractivity contribution in [2.45, 2.75) is 49.7 Å². The molecule has 16 nitrogen and oxygen atoms in total. The first-order valence-electron chi connectivity index (χ1n) is 17.8. The molecule has 2 unspecified atom stereocenters. The van der Waals surface area contributed by atoms with E-state index in [1.54, 1.807) is 36.3 Å². The van der Waals surface area contributed by atoms with Gasteiger partial charge in [-0.25, -0.2) is 9.59 Å². The average Bonchev–Trinajstić information content (AvgIpc) is 3.59. The number of alkyl halides is 1. The van der Waals surface area contributed by atoms with Crippen LogP contribution in [0, 0.1) is 0 Å². The third kappa shape index (κ3) is 9.12. The summed E-state index contributed by atoms with van der Waals surface area (Å²) in [6.07, 6.45) is -7.08. The van der Waals surface area contributed by atoms with E-state index in [0.29, 0.717) is 34.6 Å². The van der Waals surface area contributed by atoms with E-state index in [-0.39, 0.29) is 48.7 Å². The lowest BCUT2D eigenvalue weighted by Crippen LogP contribution is -2.61. The lowest BCUT2D eigenvalue weighted by molar-refractivity contribution is -0.271. The van der Waals surface area contributed by atoms with Crippen molar-refractivity contribution in [1.82, 2.24) is 0 Å². The van der Waals surface area contributed by atoms with Crippen molar-refractivity contribution in [3.05, 3.63) is 95.6 Å². The number of aliphatic hydroxyl groups excluding tert-OH is 3. The van der Waals surface area contributed by atoms with Gasteiger partial charge in [-0.2, -0.15) is 0 Å². The number of nitrogens with two attached hydrogens (primary N) is 1. The zero-order valence-corrected chi connectivity index (χ0v) is 31.3. The van der Waals surface area contributed by atoms with Crippen molar-refractivity contribution in [2.24, 2.45) is 5.73 Å². The number of carboxylic acids is 1. The van der Waals surface area contributed by atoms with Gasteiger partial charge < -0.3 is 55.3 Å². The first-order valence-corrected chi connectivity index (χ1v) is 18.4. The van der Waals surface area contributed by atoms with Crippen molar-refractivity contribution in [1.29, 1.82) is 0 Å². The zero-order valence-electron chi connectivity index (χ0n) is 30.5. The fourth-order valence-corrected chi connectivity index (χ4v) is 6.89. The molecule has 0 aliphatic carbocycles. The van der Waals surface area contributed by atoms with Gasteiger partial charge in [-0.1, -0.05) is 42.5 Å². The molecule has 2 heterocycles. The number of carboxylic acid groups (broad SMARTS) is 1. The van der Waals surface area contributed by atoms with Crippen LogP contribution in [0.3, 0.4) is 0 Å². The molecule has 3 amide bonds. The molecule has 0 bridgehead atoms. The SMILES string of the molecule is COc1ccc(/C=C/C(=O)N2CC(CCl)c3c2cc(NC(=O)OCc2ccc(O[C@@H]4O[C@H](C(=O)O)[C@@H](O)C(O)[C@H]4O)c(NC(=O)CCN)c2)c2ccccc32)cc1. The number of halogens is 1. The van der Waals surface area contributed by atoms with Gasteiger partial charge in [0.05, 0.1) is 24.2 Å². The Morgan fingerprint density at radius 3 is 2.37 bits per heavy atom. The van der Waals surface area contributed by atoms with Crippen molar-refractivity contribution < 1.29 is 58.6 Å². The van der Waals surface area contributed by atoms with E-state index in [1.165, 1.54) is 24.3 Å². The molecule has 0 saturated carbocycles. The van der Waals surface area contributed by atoms with Crippen molar-refractivity contribution >= 4 is 69.4 Å². The Kier molecular flexibility index (Phi) is 12.9. The zero-order chi connectivity index (χ0) is 40.8. The van der Waals surface area contributed by atoms with Crippen LogP contribution >= 0.6 is 11.6 Å². The van der Waals surface area contributed by atoms with Gasteiger partial charge in [0, 0.05) is 42.8 Å². The monoisotopic (exact) mass is 804 g/mol. The van der Waals surface area contributed by atoms with Crippen LogP contribution in [0.2, 0.25) is 0 Å². The molecule has 57 heavy (non-hydrogen) atoms. The molecule has 8 N–H and O–H groups in total. The van der Waals surface area contributed by atoms with Crippen LogP contribution in [-0.2, 0) is 30.5 Å². The number of rotatable bonds is 13. The summed E-state index contributed by atoms with van der Waals surface area (Å²) in [5, 5.41) is 47.0. The van der Waals surface area contributed by atoms with Gasteiger partial charge in [0.25, 0.3) is 5.91 Å². The smallest absolute Gasteiger partial charge is 0.411 e. The van der Waals surface area contributed by atoms with Crippen LogP contribution < -0.4 is 30.7 Å². The fourth-order valence-electron chi connectivity index (χ4n) is 6.64. The number of nitrogens with one attached hydrogen (secondary N) is 2. The minimum Gasteiger partial charge on any atom is -0.497 e. The quantitative estimate of drug-likeness (QED) is 0.0757. The third-order valence-electron chi connectivity index (χ3n) is 9.51. The van der Waals surface area contributed by atoms with Gasteiger partial charge in [-0.15, -0.1) is 11.6 Å². The number of methoxy groups -OCH3 is 1. The maximum atomic E-state index is 13.6. The summed E-state index contributed by atoms with van der Waals surface area (Å²) in [4.78, 5) is 52.7. The molecule has 2 aliphatic rings. The van der Waals surface area contributed by atoms with Crippen LogP contribution in [0.1, 0.15) is 29.0 Å². The fraction of sp³-hybridized carbons (Fsp3) is 0.300. The number of carbonyl (C=O) groups is 4. The molecule has 4 aromatic rings. The number of anilines is 3. The Balaban J connectivity index is 1.21. The van der Waals surface area contributed by atoms with Gasteiger partial charge in [-0.3, -0.25) is 14.9 Å². The van der Waals surface area contributed by atoms with E-state index in [0.717, 1.165) is 16.5 Å². The minimum atomic E-state index is -1.93. The number of fused-ring (bicyclic) bond motifs is 3. The number of aliphatic hydroxyl groups is 3. The molecule has 6 rings (SSSR count). The van der Waals surface area contributed by atoms with E-state index in [1.807, 2.05) is 36.4 Å². The number of amides is 3. The molecule has 2 aliphatic heterocycles. The summed E-state index contributed by atoms with van der Waals surface area (Å²) < 4.78 is 21.7. The molecular formula is C40H41ClN4O12. The van der Waals surface area contributed by atoms with Crippen molar-refractivity contribution in [3.8, 4) is 11.5 Å². The van der Waals surface area contributed by atoms with E-state index >= 15 is 0 Å². The molecule has 4 aromatic carbocycles. The lowest BCUT2D eigenvalue weighted by Gasteiger charge is -2.38. The highest BCUT2D eigenvalue weighted by Gasteiger charge is 2.48. The van der Waals surface area contributed by atoms with Gasteiger partial charge in [0.2, 0.25) is 12.2 Å². The van der Waals surface area contributed by atoms with E-state index < -0.39 is 48.7 Å². The average molecular weight is 805 g/mol. The normalized spacial score (nSPS) is 21.5. The number of benzene rings is 4. The highest BCUT2D eigenvalue weighted by atomic mass is 35.5. The topological polar surface area (TPSA) is 239 Å². The second-order valence-electron chi connectivity index (χ2n) is 13.3. The van der Waals surface area contributed by atoms with E-state index in [4.69, 9.17) is 36.3 Å². The molecule has 1 saturated heterocycles. The van der Waals surface area contributed by atoms with Crippen LogP contribution in [0.25, 0.3) is 16.8 Å². The molecule has 1 fully saturated rings. The Bertz CT molecular complexity index is 2170. The van der Waals surface area contributed by atoms with Crippen molar-refractivity contribution in [3.63, 3.8) is 0 Å². The molecule has 17 heteroatoms. The number of nitrogens with zero attached hydrogens (tertiary/aromatic N) is 1. The van der Waals surface area contributed by atoms with E-state index in [9.17, 15) is 39.6 Å². The summed E-state index contributed by atoms with van der Waals surface area (Å²) in [6.45, 7) is 0.0648. The van der Waals surface area contributed by atoms with Gasteiger partial charge >= 0.3 is 12.1 Å². The summed E-state index contributed by atoms with van der Waals surface area (Å²) in [5.74, 6) is -1.68. The number of carbonyl (C=O) groups excluding carboxylic acids is 3. The predicted molar refractivity (Wildman–Crippen MR) is 209 cm³/mol. The van der Waals surface area contributed by atoms with Crippen LogP contribution in [0.15, 0.2) is 78.9 Å². The second-order valence-corrected chi connectivity index (χ2v) is 13.6. The largest absolute Gasteiger partial charge is 0.497 e. The maximum absolute atomic E-state index is 13.6. The first kappa shape index (κ1) is 40.9. The standard InChI is InChI=1S/C40H41ClN4O12/c1-54-24-10-6-21(7-11-24)9-13-32(47)45-19-23(18-41)33-26-5-3-2-4-25(26)27(17-29(33)45)44-40(53)55-20-22-8-12-30(28(16-22)43-31(46)14-15-42)56-39-36(50)34(48)35(49)37(57-39)38(51)52/h2-13,16-17,23,34-37,39,48-50H,14-15,18-20,42H2,1H3,(H,43,46)(H,44,53)(H,51,52)/b13-9+/t23?,34?,35-,36+,37-,39+/m0/s1. The highest BCUT2D eigenvalue weighted by molar-refractivity contribution is 6.19. The molecule has 0 radical (unpaired) electrons. The lowest BCUT2D eigenvalue weighted by atomic mass is 9.95. The summed E-state index contributed by atoms with van der Waals surface area (Å²) >= 11 is 6.43. The molecule has 300 valence electrons. The van der Waals surface area contributed by atoms with Gasteiger partial charge in [0.15, 0.2) is 6.10 Å². The summed E-state index contributed by atoms with van der Waals surface area (Å²) in [5.41, 5.74) is 8.61. The van der Waals surface area contributed by atoms with Crippen LogP contribution in [-0.4, -0.2) is 101 Å². The van der Waals surface area contributed by atoms with Gasteiger partial charge in [-0.05, 0) is 58.5 Å². The highest BCUT2D eigenvalue weighted by Crippen LogP contribution is 2.45. The van der Waals surface area contributed by atoms with Gasteiger partial charge in [0.1, 0.15) is 36.4 Å². The minimum absolute atomic E-state index is 0.0239. The summed E-state index contributed by atoms with van der Waals surface area (Å²) in [6, 6.07) is 20.7. The molecule has 6 atom stereocenters. The first-order chi connectivity index (χ1) is 27.4. The Morgan fingerprint density at radius 1 is 0.947 bits per heavy atom. The number of ether oxygens (including phenoxy) is 4. The predicted octanol–water partition coefficient (Wildman–Crippen LogP) is 3.54. The maximum Gasteiger partial charge on any atom is 0.411 e. The van der Waals surface area contributed by atoms with E-state index in [2.05, 4.69) is 10.6 Å². The Morgan fingerprint density at radius 2 is 1.68 bits per heavy atom. The molecular weight excluding hydrogens is 764 g/mol. The summed E-state index contributed by atoms with van der Waals surface area (Å²) in [7, 11) is 1.57. The second kappa shape index (κ2) is 18.0. The molecule has 0 aromatic heterocycles. The van der Waals surface area contributed by atoms with Crippen LogP contribution in [0.4, 0.5) is 21.9 Å².